The van der Waals surface area contributed by atoms with Crippen LogP contribution < -0.4 is 19.9 Å². The summed E-state index contributed by atoms with van der Waals surface area (Å²) in [5.74, 6) is -0.0636. The Bertz CT molecular complexity index is 752. The average Bonchev–Trinajstić information content (AvgIpc) is 2.44. The van der Waals surface area contributed by atoms with Gasteiger partial charge in [-0.1, -0.05) is 0 Å². The number of methoxy groups -OCH3 is 1. The highest BCUT2D eigenvalue weighted by atomic mass is 32.2. The second-order valence-corrected chi connectivity index (χ2v) is 9.43. The van der Waals surface area contributed by atoms with Gasteiger partial charge in [0.2, 0.25) is 20.0 Å². The smallest absolute Gasteiger partial charge is 0.244 e. The summed E-state index contributed by atoms with van der Waals surface area (Å²) in [7, 11) is -5.99. The van der Waals surface area contributed by atoms with E-state index in [-0.39, 0.29) is 28.6 Å². The average molecular weight is 365 g/mol. The molecule has 1 aromatic carbocycles. The number of hydrogen-bond acceptors (Lipinski definition) is 6. The van der Waals surface area contributed by atoms with E-state index in [4.69, 9.17) is 10.5 Å². The summed E-state index contributed by atoms with van der Waals surface area (Å²) in [6.45, 7) is 4.92. The van der Waals surface area contributed by atoms with E-state index in [0.717, 1.165) is 0 Å². The predicted octanol–water partition coefficient (Wildman–Crippen LogP) is 0.472. The van der Waals surface area contributed by atoms with Gasteiger partial charge in [0, 0.05) is 18.2 Å². The topological polar surface area (TPSA) is 128 Å². The molecule has 0 aliphatic heterocycles. The molecule has 132 valence electrons. The van der Waals surface area contributed by atoms with Gasteiger partial charge in [-0.15, -0.1) is 0 Å². The molecule has 0 fully saturated rings. The summed E-state index contributed by atoms with van der Waals surface area (Å²) in [4.78, 5) is -0.0938. The zero-order valence-electron chi connectivity index (χ0n) is 13.6. The molecule has 0 saturated carbocycles. The highest BCUT2D eigenvalue weighted by Gasteiger charge is 2.23. The van der Waals surface area contributed by atoms with E-state index < -0.39 is 25.6 Å². The Kier molecular flexibility index (Phi) is 6.02. The number of benzene rings is 1. The lowest BCUT2D eigenvalue weighted by Crippen LogP contribution is -2.45. The van der Waals surface area contributed by atoms with Gasteiger partial charge in [0.25, 0.3) is 0 Å². The lowest BCUT2D eigenvalue weighted by Gasteiger charge is -2.20. The van der Waals surface area contributed by atoms with Gasteiger partial charge < -0.3 is 10.5 Å². The molecule has 0 spiro atoms. The normalized spacial score (nSPS) is 12.9. The molecule has 10 heteroatoms. The Labute approximate surface area is 137 Å². The molecule has 23 heavy (non-hydrogen) atoms. The highest BCUT2D eigenvalue weighted by molar-refractivity contribution is 7.92. The minimum absolute atomic E-state index is 0.0311. The monoisotopic (exact) mass is 365 g/mol. The maximum atomic E-state index is 12.3. The van der Waals surface area contributed by atoms with Crippen LogP contribution in [0.3, 0.4) is 0 Å². The van der Waals surface area contributed by atoms with Crippen LogP contribution in [0.25, 0.3) is 0 Å². The molecule has 0 saturated heterocycles. The van der Waals surface area contributed by atoms with Gasteiger partial charge in [0.1, 0.15) is 10.6 Å². The number of hydrogen-bond donors (Lipinski definition) is 3. The molecule has 0 radical (unpaired) electrons. The van der Waals surface area contributed by atoms with Gasteiger partial charge in [-0.3, -0.25) is 4.72 Å². The van der Waals surface area contributed by atoms with Crippen LogP contribution in [0.5, 0.6) is 5.75 Å². The van der Waals surface area contributed by atoms with Crippen molar-refractivity contribution in [1.82, 2.24) is 4.72 Å². The molecule has 0 unspecified atom stereocenters. The summed E-state index contributed by atoms with van der Waals surface area (Å²) in [6.07, 6.45) is 0. The van der Waals surface area contributed by atoms with Crippen LogP contribution >= 0.6 is 0 Å². The van der Waals surface area contributed by atoms with Gasteiger partial charge in [0.15, 0.2) is 0 Å². The minimum atomic E-state index is -3.83. The summed E-state index contributed by atoms with van der Waals surface area (Å²) in [5, 5.41) is 0. The molecule has 0 atom stereocenters. The van der Waals surface area contributed by atoms with Crippen molar-refractivity contribution < 1.29 is 21.6 Å². The first-order valence-electron chi connectivity index (χ1n) is 6.87. The quantitative estimate of drug-likeness (QED) is 0.614. The second-order valence-electron chi connectivity index (χ2n) is 5.68. The molecule has 1 aromatic rings. The molecule has 0 amide bonds. The molecule has 0 aromatic heterocycles. The van der Waals surface area contributed by atoms with Crippen LogP contribution in [-0.4, -0.2) is 41.8 Å². The number of ether oxygens (including phenoxy) is 1. The van der Waals surface area contributed by atoms with Crippen LogP contribution in [0.2, 0.25) is 0 Å². The van der Waals surface area contributed by atoms with Gasteiger partial charge in [-0.05, 0) is 32.9 Å². The van der Waals surface area contributed by atoms with Gasteiger partial charge in [-0.25, -0.2) is 21.6 Å². The van der Waals surface area contributed by atoms with Crippen LogP contribution in [0.4, 0.5) is 5.69 Å². The van der Waals surface area contributed by atoms with Gasteiger partial charge in [0.05, 0.1) is 18.6 Å². The maximum Gasteiger partial charge on any atom is 0.244 e. The van der Waals surface area contributed by atoms with E-state index in [2.05, 4.69) is 9.44 Å². The lowest BCUT2D eigenvalue weighted by molar-refractivity contribution is 0.402. The van der Waals surface area contributed by atoms with Gasteiger partial charge >= 0.3 is 0 Å². The van der Waals surface area contributed by atoms with Crippen LogP contribution in [0.1, 0.15) is 20.8 Å². The van der Waals surface area contributed by atoms with Crippen molar-refractivity contribution in [3.8, 4) is 5.75 Å². The maximum absolute atomic E-state index is 12.3. The fraction of sp³-hybridized carbons (Fsp3) is 0.538. The molecular weight excluding hydrogens is 342 g/mol. The Balaban J connectivity index is 3.14. The highest BCUT2D eigenvalue weighted by Crippen LogP contribution is 2.27. The number of nitrogens with one attached hydrogen (secondary N) is 2. The SMILES string of the molecule is CCS(=O)(=O)Nc1ccc(S(=O)(=O)NCC(C)(C)N)c(OC)c1. The Morgan fingerprint density at radius 2 is 1.83 bits per heavy atom. The first-order chi connectivity index (χ1) is 10.4. The van der Waals surface area contributed by atoms with Crippen LogP contribution in [0.15, 0.2) is 23.1 Å². The fourth-order valence-electron chi connectivity index (χ4n) is 1.56. The largest absolute Gasteiger partial charge is 0.495 e. The Hall–Kier alpha value is -1.36. The van der Waals surface area contributed by atoms with E-state index in [1.807, 2.05) is 0 Å². The lowest BCUT2D eigenvalue weighted by atomic mass is 10.1. The van der Waals surface area contributed by atoms with E-state index in [0.29, 0.717) is 0 Å². The summed E-state index contributed by atoms with van der Waals surface area (Å²) < 4.78 is 57.6. The second kappa shape index (κ2) is 7.04. The van der Waals surface area contributed by atoms with E-state index in [1.54, 1.807) is 13.8 Å². The van der Waals surface area contributed by atoms with Crippen molar-refractivity contribution in [3.05, 3.63) is 18.2 Å². The Morgan fingerprint density at radius 1 is 1.22 bits per heavy atom. The first kappa shape index (κ1) is 19.7. The van der Waals surface area contributed by atoms with Crippen molar-refractivity contribution in [3.63, 3.8) is 0 Å². The third-order valence-electron chi connectivity index (χ3n) is 2.82. The Morgan fingerprint density at radius 3 is 2.30 bits per heavy atom. The molecule has 8 nitrogen and oxygen atoms in total. The number of rotatable bonds is 8. The van der Waals surface area contributed by atoms with Gasteiger partial charge in [-0.2, -0.15) is 0 Å². The zero-order valence-corrected chi connectivity index (χ0v) is 15.2. The van der Waals surface area contributed by atoms with Crippen molar-refractivity contribution in [2.24, 2.45) is 5.73 Å². The van der Waals surface area contributed by atoms with Crippen molar-refractivity contribution >= 4 is 25.7 Å². The molecule has 0 aliphatic carbocycles. The van der Waals surface area contributed by atoms with Crippen molar-refractivity contribution in [1.29, 1.82) is 0 Å². The van der Waals surface area contributed by atoms with Crippen LogP contribution in [0, 0.1) is 0 Å². The first-order valence-corrected chi connectivity index (χ1v) is 10.0. The zero-order chi connectivity index (χ0) is 17.9. The molecule has 4 N–H and O–H groups in total. The molecule has 1 rings (SSSR count). The molecular formula is C13H23N3O5S2. The minimum Gasteiger partial charge on any atom is -0.495 e. The summed E-state index contributed by atoms with van der Waals surface area (Å²) >= 11 is 0. The standard InChI is InChI=1S/C13H23N3O5S2/c1-5-22(17,18)16-10-6-7-12(11(8-10)21-4)23(19,20)15-9-13(2,3)14/h6-8,15-16H,5,9,14H2,1-4H3. The van der Waals surface area contributed by atoms with E-state index in [9.17, 15) is 16.8 Å². The third-order valence-corrected chi connectivity index (χ3v) is 5.57. The summed E-state index contributed by atoms with van der Waals surface area (Å²) in [5.41, 5.74) is 5.28. The molecule has 0 bridgehead atoms. The number of anilines is 1. The van der Waals surface area contributed by atoms with Crippen molar-refractivity contribution in [2.45, 2.75) is 31.2 Å². The molecule has 0 heterocycles. The van der Waals surface area contributed by atoms with Crippen molar-refractivity contribution in [2.75, 3.05) is 24.1 Å². The molecule has 0 aliphatic rings. The predicted molar refractivity (Wildman–Crippen MR) is 89.5 cm³/mol. The van der Waals surface area contributed by atoms with E-state index in [1.165, 1.54) is 32.2 Å². The van der Waals surface area contributed by atoms with Crippen LogP contribution in [-0.2, 0) is 20.0 Å². The number of sulfonamides is 2. The number of nitrogens with two attached hydrogens (primary N) is 1. The fourth-order valence-corrected chi connectivity index (χ4v) is 3.57. The third kappa shape index (κ3) is 5.98. The van der Waals surface area contributed by atoms with E-state index >= 15 is 0 Å². The summed E-state index contributed by atoms with van der Waals surface area (Å²) in [6, 6.07) is 3.95.